The second-order valence-corrected chi connectivity index (χ2v) is 3.29. The number of rotatable bonds is 2. The molecule has 1 atom stereocenters. The molecule has 2 heterocycles. The highest BCUT2D eigenvalue weighted by atomic mass is 16.5. The maximum absolute atomic E-state index is 5.35. The fraction of sp³-hybridized carbons (Fsp3) is 0.750. The summed E-state index contributed by atoms with van der Waals surface area (Å²) in [5.41, 5.74) is 0. The highest BCUT2D eigenvalue weighted by molar-refractivity contribution is 4.90. The van der Waals surface area contributed by atoms with E-state index in [2.05, 4.69) is 15.5 Å². The van der Waals surface area contributed by atoms with E-state index in [0.717, 1.165) is 32.0 Å². The third-order valence-electron chi connectivity index (χ3n) is 2.23. The molecule has 1 unspecified atom stereocenters. The zero-order valence-electron chi connectivity index (χ0n) is 7.73. The molecule has 1 aromatic rings. The van der Waals surface area contributed by atoms with Crippen molar-refractivity contribution in [1.29, 1.82) is 0 Å². The molecule has 2 rings (SSSR count). The van der Waals surface area contributed by atoms with Gasteiger partial charge in [0.1, 0.15) is 12.2 Å². The second-order valence-electron chi connectivity index (χ2n) is 3.29. The summed E-state index contributed by atoms with van der Waals surface area (Å²) in [7, 11) is 1.96. The zero-order chi connectivity index (χ0) is 9.10. The molecular weight excluding hydrogens is 168 g/mol. The molecule has 0 amide bonds. The van der Waals surface area contributed by atoms with Gasteiger partial charge >= 0.3 is 0 Å². The molecule has 0 aliphatic carbocycles. The van der Waals surface area contributed by atoms with Crippen LogP contribution in [0.4, 0.5) is 0 Å². The fourth-order valence-electron chi connectivity index (χ4n) is 1.46. The van der Waals surface area contributed by atoms with E-state index in [1.807, 2.05) is 11.6 Å². The van der Waals surface area contributed by atoms with Crippen LogP contribution < -0.4 is 5.32 Å². The van der Waals surface area contributed by atoms with Crippen LogP contribution in [-0.2, 0) is 18.2 Å². The Balaban J connectivity index is 1.93. The van der Waals surface area contributed by atoms with E-state index in [1.54, 1.807) is 6.33 Å². The topological polar surface area (TPSA) is 52.0 Å². The Labute approximate surface area is 77.1 Å². The minimum Gasteiger partial charge on any atom is -0.379 e. The van der Waals surface area contributed by atoms with Gasteiger partial charge in [-0.25, -0.2) is 0 Å². The van der Waals surface area contributed by atoms with Crippen molar-refractivity contribution in [2.75, 3.05) is 19.8 Å². The third-order valence-corrected chi connectivity index (χ3v) is 2.23. The number of aromatic nitrogens is 3. The molecule has 1 saturated heterocycles. The summed E-state index contributed by atoms with van der Waals surface area (Å²) >= 11 is 0. The predicted octanol–water partition coefficient (Wildman–Crippen LogP) is -0.654. The van der Waals surface area contributed by atoms with E-state index in [4.69, 9.17) is 4.74 Å². The van der Waals surface area contributed by atoms with Gasteiger partial charge in [0.2, 0.25) is 0 Å². The molecule has 1 aliphatic heterocycles. The quantitative estimate of drug-likeness (QED) is 0.660. The summed E-state index contributed by atoms with van der Waals surface area (Å²) in [5, 5.41) is 11.2. The van der Waals surface area contributed by atoms with Gasteiger partial charge in [0.05, 0.1) is 13.2 Å². The summed E-state index contributed by atoms with van der Waals surface area (Å²) in [4.78, 5) is 0. The van der Waals surface area contributed by atoms with Crippen LogP contribution in [-0.4, -0.2) is 40.6 Å². The Morgan fingerprint density at radius 3 is 3.31 bits per heavy atom. The Bertz CT molecular complexity index is 267. The Morgan fingerprint density at radius 1 is 1.77 bits per heavy atom. The van der Waals surface area contributed by atoms with Crippen LogP contribution in [0.1, 0.15) is 5.82 Å². The van der Waals surface area contributed by atoms with Crippen molar-refractivity contribution in [3.05, 3.63) is 12.2 Å². The molecule has 1 N–H and O–H groups in total. The van der Waals surface area contributed by atoms with Gasteiger partial charge in [0.15, 0.2) is 0 Å². The molecule has 1 aromatic heterocycles. The van der Waals surface area contributed by atoms with E-state index in [1.165, 1.54) is 0 Å². The van der Waals surface area contributed by atoms with Gasteiger partial charge in [-0.05, 0) is 0 Å². The molecule has 5 nitrogen and oxygen atoms in total. The number of ether oxygens (including phenoxy) is 1. The molecule has 13 heavy (non-hydrogen) atoms. The van der Waals surface area contributed by atoms with E-state index >= 15 is 0 Å². The summed E-state index contributed by atoms with van der Waals surface area (Å²) in [6.45, 7) is 2.52. The number of hydrogen-bond donors (Lipinski definition) is 1. The van der Waals surface area contributed by atoms with Crippen molar-refractivity contribution in [1.82, 2.24) is 20.1 Å². The molecule has 0 spiro atoms. The van der Waals surface area contributed by atoms with E-state index in [-0.39, 0.29) is 0 Å². The second kappa shape index (κ2) is 3.85. The van der Waals surface area contributed by atoms with Crippen LogP contribution in [0.2, 0.25) is 0 Å². The zero-order valence-corrected chi connectivity index (χ0v) is 7.73. The molecule has 72 valence electrons. The first-order chi connectivity index (χ1) is 6.36. The van der Waals surface area contributed by atoms with Crippen molar-refractivity contribution in [3.63, 3.8) is 0 Å². The summed E-state index contributed by atoms with van der Waals surface area (Å²) in [6.07, 6.45) is 2.61. The van der Waals surface area contributed by atoms with E-state index in [0.29, 0.717) is 6.04 Å². The van der Waals surface area contributed by atoms with Gasteiger partial charge in [-0.1, -0.05) is 0 Å². The molecule has 0 bridgehead atoms. The SMILES string of the molecule is Cn1cnnc1CC1COCCN1. The molecule has 1 aliphatic rings. The van der Waals surface area contributed by atoms with Crippen LogP contribution in [0, 0.1) is 0 Å². The Kier molecular flexibility index (Phi) is 2.56. The molecule has 1 fully saturated rings. The molecular formula is C8H14N4O. The lowest BCUT2D eigenvalue weighted by Gasteiger charge is -2.23. The lowest BCUT2D eigenvalue weighted by Crippen LogP contribution is -2.42. The first-order valence-electron chi connectivity index (χ1n) is 4.50. The maximum atomic E-state index is 5.35. The molecule has 0 aromatic carbocycles. The largest absolute Gasteiger partial charge is 0.379 e. The first kappa shape index (κ1) is 8.65. The van der Waals surface area contributed by atoms with Crippen molar-refractivity contribution >= 4 is 0 Å². The lowest BCUT2D eigenvalue weighted by molar-refractivity contribution is 0.0762. The number of morpholine rings is 1. The first-order valence-corrected chi connectivity index (χ1v) is 4.50. The van der Waals surface area contributed by atoms with Gasteiger partial charge < -0.3 is 14.6 Å². The maximum Gasteiger partial charge on any atom is 0.134 e. The van der Waals surface area contributed by atoms with Gasteiger partial charge in [-0.15, -0.1) is 10.2 Å². The van der Waals surface area contributed by atoms with Crippen molar-refractivity contribution < 1.29 is 4.74 Å². The normalized spacial score (nSPS) is 23.3. The number of aryl methyl sites for hydroxylation is 1. The number of hydrogen-bond acceptors (Lipinski definition) is 4. The predicted molar refractivity (Wildman–Crippen MR) is 47.3 cm³/mol. The van der Waals surface area contributed by atoms with E-state index < -0.39 is 0 Å². The number of nitrogens with one attached hydrogen (secondary N) is 1. The van der Waals surface area contributed by atoms with Crippen molar-refractivity contribution in [2.24, 2.45) is 7.05 Å². The monoisotopic (exact) mass is 182 g/mol. The average molecular weight is 182 g/mol. The summed E-state index contributed by atoms with van der Waals surface area (Å²) < 4.78 is 7.29. The third kappa shape index (κ3) is 2.05. The summed E-state index contributed by atoms with van der Waals surface area (Å²) in [5.74, 6) is 1.00. The molecule has 0 saturated carbocycles. The van der Waals surface area contributed by atoms with Crippen LogP contribution in [0.3, 0.4) is 0 Å². The van der Waals surface area contributed by atoms with Crippen LogP contribution >= 0.6 is 0 Å². The van der Waals surface area contributed by atoms with Crippen molar-refractivity contribution in [3.8, 4) is 0 Å². The van der Waals surface area contributed by atoms with E-state index in [9.17, 15) is 0 Å². The van der Waals surface area contributed by atoms with Crippen LogP contribution in [0.5, 0.6) is 0 Å². The van der Waals surface area contributed by atoms with Gasteiger partial charge in [0.25, 0.3) is 0 Å². The Morgan fingerprint density at radius 2 is 2.69 bits per heavy atom. The van der Waals surface area contributed by atoms with Crippen LogP contribution in [0.15, 0.2) is 6.33 Å². The smallest absolute Gasteiger partial charge is 0.134 e. The minimum absolute atomic E-state index is 0.386. The van der Waals surface area contributed by atoms with Gasteiger partial charge in [0, 0.05) is 26.1 Å². The number of nitrogens with zero attached hydrogens (tertiary/aromatic N) is 3. The highest BCUT2D eigenvalue weighted by Gasteiger charge is 2.15. The van der Waals surface area contributed by atoms with Gasteiger partial charge in [-0.2, -0.15) is 0 Å². The fourth-order valence-corrected chi connectivity index (χ4v) is 1.46. The van der Waals surface area contributed by atoms with Crippen molar-refractivity contribution in [2.45, 2.75) is 12.5 Å². The Hall–Kier alpha value is -0.940. The average Bonchev–Trinajstić information content (AvgIpc) is 2.54. The minimum atomic E-state index is 0.386. The highest BCUT2D eigenvalue weighted by Crippen LogP contribution is 2.01. The molecule has 0 radical (unpaired) electrons. The molecule has 5 heteroatoms. The standard InChI is InChI=1S/C8H14N4O/c1-12-6-10-11-8(12)4-7-5-13-3-2-9-7/h6-7,9H,2-5H2,1H3. The van der Waals surface area contributed by atoms with Gasteiger partial charge in [-0.3, -0.25) is 0 Å². The van der Waals surface area contributed by atoms with Crippen LogP contribution in [0.25, 0.3) is 0 Å². The lowest BCUT2D eigenvalue weighted by atomic mass is 10.2. The summed E-state index contributed by atoms with van der Waals surface area (Å²) in [6, 6.07) is 0.386.